The Morgan fingerprint density at radius 3 is 2.60 bits per heavy atom. The molecule has 2 heterocycles. The molecule has 0 radical (unpaired) electrons. The van der Waals surface area contributed by atoms with Crippen LogP contribution < -0.4 is 9.46 Å². The summed E-state index contributed by atoms with van der Waals surface area (Å²) in [5.74, 6) is 1.82. The summed E-state index contributed by atoms with van der Waals surface area (Å²) in [4.78, 5) is 4.24. The Balaban J connectivity index is 1.57. The lowest BCUT2D eigenvalue weighted by Crippen LogP contribution is -2.15. The predicted octanol–water partition coefficient (Wildman–Crippen LogP) is 5.93. The molecule has 5 rings (SSSR count). The van der Waals surface area contributed by atoms with Gasteiger partial charge in [0.15, 0.2) is 0 Å². The number of ether oxygens (including phenoxy) is 1. The van der Waals surface area contributed by atoms with Gasteiger partial charge in [0.1, 0.15) is 11.8 Å². The molecule has 0 saturated heterocycles. The first-order chi connectivity index (χ1) is 17.0. The highest BCUT2D eigenvalue weighted by atomic mass is 32.2. The maximum Gasteiger partial charge on any atom is 0.232 e. The summed E-state index contributed by atoms with van der Waals surface area (Å²) in [6.45, 7) is 2.64. The summed E-state index contributed by atoms with van der Waals surface area (Å²) in [6.07, 6.45) is 4.57. The van der Waals surface area contributed by atoms with Crippen LogP contribution in [0.5, 0.6) is 11.6 Å². The zero-order valence-corrected chi connectivity index (χ0v) is 20.3. The summed E-state index contributed by atoms with van der Waals surface area (Å²) in [5.41, 5.74) is 3.75. The fraction of sp³-hybridized carbons (Fsp3) is 0.259. The van der Waals surface area contributed by atoms with E-state index in [1.165, 1.54) is 12.8 Å². The molecule has 0 spiro atoms. The Morgan fingerprint density at radius 2 is 1.94 bits per heavy atom. The Bertz CT molecular complexity index is 1500. The monoisotopic (exact) mass is 486 g/mol. The van der Waals surface area contributed by atoms with Crippen LogP contribution in [0, 0.1) is 17.2 Å². The van der Waals surface area contributed by atoms with Crippen molar-refractivity contribution in [2.24, 2.45) is 5.92 Å². The van der Waals surface area contributed by atoms with Crippen LogP contribution in [0.1, 0.15) is 31.7 Å². The molecule has 2 aromatic heterocycles. The lowest BCUT2D eigenvalue weighted by atomic mass is 10.1. The third kappa shape index (κ3) is 5.00. The van der Waals surface area contributed by atoms with Gasteiger partial charge < -0.3 is 9.30 Å². The minimum atomic E-state index is -3.37. The number of benzene rings is 2. The topological polar surface area (TPSA) is 97.0 Å². The summed E-state index contributed by atoms with van der Waals surface area (Å²) in [6, 6.07) is 20.9. The number of fused-ring (bicyclic) bond motifs is 1. The van der Waals surface area contributed by atoms with Crippen LogP contribution >= 0.6 is 0 Å². The predicted molar refractivity (Wildman–Crippen MR) is 137 cm³/mol. The first-order valence-corrected chi connectivity index (χ1v) is 13.4. The summed E-state index contributed by atoms with van der Waals surface area (Å²) >= 11 is 0. The third-order valence-corrected chi connectivity index (χ3v) is 7.54. The average Bonchev–Trinajstić information content (AvgIpc) is 3.61. The van der Waals surface area contributed by atoms with Gasteiger partial charge in [0, 0.05) is 35.9 Å². The lowest BCUT2D eigenvalue weighted by Gasteiger charge is -2.13. The van der Waals surface area contributed by atoms with Crippen LogP contribution in [-0.4, -0.2) is 23.7 Å². The Kier molecular flexibility index (Phi) is 6.18. The molecule has 178 valence electrons. The molecule has 1 N–H and O–H groups in total. The number of aromatic nitrogens is 2. The summed E-state index contributed by atoms with van der Waals surface area (Å²) in [7, 11) is -3.37. The van der Waals surface area contributed by atoms with E-state index in [9.17, 15) is 13.7 Å². The van der Waals surface area contributed by atoms with Gasteiger partial charge in [-0.3, -0.25) is 4.72 Å². The maximum atomic E-state index is 12.1. The van der Waals surface area contributed by atoms with E-state index in [1.807, 2.05) is 49.4 Å². The number of nitrogens with zero attached hydrogens (tertiary/aromatic N) is 3. The number of hydrogen-bond acceptors (Lipinski definition) is 5. The molecule has 2 aromatic carbocycles. The van der Waals surface area contributed by atoms with Gasteiger partial charge in [-0.05, 0) is 61.1 Å². The van der Waals surface area contributed by atoms with E-state index in [1.54, 1.807) is 24.4 Å². The molecule has 0 amide bonds. The standard InChI is InChI=1S/C27H26N4O3S/c1-2-15-35(32,33)30-21-10-8-20(9-11-21)27-24(17-28)23-13-12-22(34-26-5-3-4-14-29-26)16-25(23)31(27)18-19-6-7-19/h3-5,8-14,16,19,30H,2,6-7,15,18H2,1H3. The smallest absolute Gasteiger partial charge is 0.232 e. The molecule has 35 heavy (non-hydrogen) atoms. The van der Waals surface area contributed by atoms with Crippen molar-refractivity contribution in [3.63, 3.8) is 0 Å². The second-order valence-corrected chi connectivity index (χ2v) is 10.7. The van der Waals surface area contributed by atoms with E-state index >= 15 is 0 Å². The molecule has 1 aliphatic carbocycles. The average molecular weight is 487 g/mol. The van der Waals surface area contributed by atoms with Crippen molar-refractivity contribution in [2.45, 2.75) is 32.7 Å². The molecule has 0 bridgehead atoms. The number of pyridine rings is 1. The molecule has 8 heteroatoms. The van der Waals surface area contributed by atoms with Gasteiger partial charge in [-0.25, -0.2) is 13.4 Å². The van der Waals surface area contributed by atoms with Crippen LogP contribution in [-0.2, 0) is 16.6 Å². The molecular formula is C27H26N4O3S. The second kappa shape index (κ2) is 9.43. The third-order valence-electron chi connectivity index (χ3n) is 6.05. The second-order valence-electron chi connectivity index (χ2n) is 8.84. The van der Waals surface area contributed by atoms with Crippen LogP contribution in [0.2, 0.25) is 0 Å². The molecular weight excluding hydrogens is 460 g/mol. The highest BCUT2D eigenvalue weighted by Gasteiger charge is 2.27. The number of nitriles is 1. The van der Waals surface area contributed by atoms with E-state index in [-0.39, 0.29) is 5.75 Å². The summed E-state index contributed by atoms with van der Waals surface area (Å²) in [5, 5.41) is 11.0. The van der Waals surface area contributed by atoms with Crippen molar-refractivity contribution in [1.82, 2.24) is 9.55 Å². The largest absolute Gasteiger partial charge is 0.439 e. The van der Waals surface area contributed by atoms with Crippen molar-refractivity contribution in [3.8, 4) is 29.0 Å². The quantitative estimate of drug-likeness (QED) is 0.316. The van der Waals surface area contributed by atoms with E-state index in [0.29, 0.717) is 35.2 Å². The van der Waals surface area contributed by atoms with Crippen molar-refractivity contribution < 1.29 is 13.2 Å². The molecule has 1 fully saturated rings. The highest BCUT2D eigenvalue weighted by molar-refractivity contribution is 7.92. The van der Waals surface area contributed by atoms with Crippen LogP contribution in [0.3, 0.4) is 0 Å². The molecule has 0 unspecified atom stereocenters. The highest BCUT2D eigenvalue weighted by Crippen LogP contribution is 2.40. The number of nitrogens with one attached hydrogen (secondary N) is 1. The Labute approximate surface area is 205 Å². The van der Waals surface area contributed by atoms with Crippen LogP contribution in [0.25, 0.3) is 22.2 Å². The van der Waals surface area contributed by atoms with Crippen molar-refractivity contribution in [3.05, 3.63) is 72.4 Å². The number of hydrogen-bond donors (Lipinski definition) is 1. The van der Waals surface area contributed by atoms with Gasteiger partial charge in [-0.15, -0.1) is 0 Å². The van der Waals surface area contributed by atoms with Crippen molar-refractivity contribution in [2.75, 3.05) is 10.5 Å². The van der Waals surface area contributed by atoms with Gasteiger partial charge in [0.25, 0.3) is 0 Å². The fourth-order valence-corrected chi connectivity index (χ4v) is 5.41. The van der Waals surface area contributed by atoms with Gasteiger partial charge >= 0.3 is 0 Å². The minimum absolute atomic E-state index is 0.0753. The number of rotatable bonds is 9. The molecule has 4 aromatic rings. The minimum Gasteiger partial charge on any atom is -0.439 e. The first kappa shape index (κ1) is 22.9. The molecule has 1 saturated carbocycles. The number of anilines is 1. The van der Waals surface area contributed by atoms with Crippen molar-refractivity contribution >= 4 is 26.6 Å². The van der Waals surface area contributed by atoms with E-state index < -0.39 is 10.0 Å². The van der Waals surface area contributed by atoms with E-state index in [4.69, 9.17) is 4.74 Å². The zero-order valence-electron chi connectivity index (χ0n) is 19.4. The molecule has 0 aliphatic heterocycles. The number of sulfonamides is 1. The van der Waals surface area contributed by atoms with E-state index in [0.717, 1.165) is 28.7 Å². The summed E-state index contributed by atoms with van der Waals surface area (Å²) < 4.78 is 35.1. The van der Waals surface area contributed by atoms with Gasteiger partial charge in [0.2, 0.25) is 15.9 Å². The Morgan fingerprint density at radius 1 is 1.14 bits per heavy atom. The lowest BCUT2D eigenvalue weighted by molar-refractivity contribution is 0.463. The molecule has 7 nitrogen and oxygen atoms in total. The zero-order chi connectivity index (χ0) is 24.4. The van der Waals surface area contributed by atoms with E-state index in [2.05, 4.69) is 20.3 Å². The van der Waals surface area contributed by atoms with Gasteiger partial charge in [-0.2, -0.15) is 5.26 Å². The van der Waals surface area contributed by atoms with Crippen LogP contribution in [0.4, 0.5) is 5.69 Å². The normalized spacial score (nSPS) is 13.5. The SMILES string of the molecule is CCCS(=O)(=O)Nc1ccc(-c2c(C#N)c3ccc(Oc4ccccn4)cc3n2CC2CC2)cc1. The van der Waals surface area contributed by atoms with Gasteiger partial charge in [-0.1, -0.05) is 25.1 Å². The Hall–Kier alpha value is -3.83. The molecule has 1 aliphatic rings. The first-order valence-electron chi connectivity index (χ1n) is 11.7. The van der Waals surface area contributed by atoms with Gasteiger partial charge in [0.05, 0.1) is 22.5 Å². The fourth-order valence-electron chi connectivity index (χ4n) is 4.28. The van der Waals surface area contributed by atoms with Crippen molar-refractivity contribution in [1.29, 1.82) is 5.26 Å². The molecule has 0 atom stereocenters. The van der Waals surface area contributed by atoms with Crippen LogP contribution in [0.15, 0.2) is 66.9 Å². The maximum absolute atomic E-state index is 12.1.